The minimum absolute atomic E-state index is 0.169. The number of H-pyrrole nitrogens is 1. The molecule has 0 aliphatic rings. The van der Waals surface area contributed by atoms with Crippen LogP contribution in [0.1, 0.15) is 23.0 Å². The highest BCUT2D eigenvalue weighted by molar-refractivity contribution is 5.94. The lowest BCUT2D eigenvalue weighted by atomic mass is 10.0. The van der Waals surface area contributed by atoms with Crippen LogP contribution in [0.3, 0.4) is 0 Å². The number of benzene rings is 2. The Morgan fingerprint density at radius 2 is 1.62 bits per heavy atom. The number of carbonyl (C=O) groups excluding carboxylic acids is 1. The van der Waals surface area contributed by atoms with Crippen molar-refractivity contribution < 1.29 is 9.53 Å². The van der Waals surface area contributed by atoms with Crippen molar-refractivity contribution in [3.05, 3.63) is 59.8 Å². The number of nitrogens with one attached hydrogen (secondary N) is 1. The molecule has 1 aromatic heterocycles. The van der Waals surface area contributed by atoms with E-state index in [2.05, 4.69) is 21.5 Å². The molecule has 3 rings (SSSR count). The van der Waals surface area contributed by atoms with Gasteiger partial charge in [0.05, 0.1) is 18.2 Å². The average Bonchev–Trinajstić information content (AvgIpc) is 3.12. The fourth-order valence-electron chi connectivity index (χ4n) is 2.33. The third-order valence-electron chi connectivity index (χ3n) is 3.52. The Hall–Kier alpha value is -3.46. The third-order valence-corrected chi connectivity index (χ3v) is 3.52. The van der Waals surface area contributed by atoms with Crippen LogP contribution in [-0.4, -0.2) is 28.0 Å². The average molecular weight is 318 g/mol. The number of hydrogen-bond donors (Lipinski definition) is 1. The molecule has 118 valence electrons. The van der Waals surface area contributed by atoms with Crippen molar-refractivity contribution in [1.29, 1.82) is 5.26 Å². The summed E-state index contributed by atoms with van der Waals surface area (Å²) >= 11 is 0. The fraction of sp³-hybridized carbons (Fsp3) is 0.111. The second-order valence-electron chi connectivity index (χ2n) is 5.01. The number of ether oxygens (including phenoxy) is 1. The molecule has 0 radical (unpaired) electrons. The number of aromatic amines is 1. The number of esters is 1. The van der Waals surface area contributed by atoms with Gasteiger partial charge in [0.1, 0.15) is 5.69 Å². The molecule has 6 nitrogen and oxygen atoms in total. The Kier molecular flexibility index (Phi) is 4.34. The van der Waals surface area contributed by atoms with Crippen molar-refractivity contribution in [2.24, 2.45) is 0 Å². The van der Waals surface area contributed by atoms with E-state index in [1.54, 1.807) is 19.1 Å². The summed E-state index contributed by atoms with van der Waals surface area (Å²) in [6.07, 6.45) is 0. The van der Waals surface area contributed by atoms with E-state index in [-0.39, 0.29) is 12.3 Å². The summed E-state index contributed by atoms with van der Waals surface area (Å²) < 4.78 is 4.98. The van der Waals surface area contributed by atoms with Crippen molar-refractivity contribution in [3.8, 4) is 28.5 Å². The Bertz CT molecular complexity index is 890. The van der Waals surface area contributed by atoms with E-state index < -0.39 is 5.97 Å². The fourth-order valence-corrected chi connectivity index (χ4v) is 2.33. The van der Waals surface area contributed by atoms with E-state index in [4.69, 9.17) is 10.00 Å². The first-order valence-corrected chi connectivity index (χ1v) is 7.41. The van der Waals surface area contributed by atoms with Crippen molar-refractivity contribution in [3.63, 3.8) is 0 Å². The molecule has 0 atom stereocenters. The second-order valence-corrected chi connectivity index (χ2v) is 5.01. The van der Waals surface area contributed by atoms with Gasteiger partial charge in [-0.1, -0.05) is 36.4 Å². The number of hydrogen-bond acceptors (Lipinski definition) is 5. The molecule has 0 spiro atoms. The zero-order valence-corrected chi connectivity index (χ0v) is 13.0. The van der Waals surface area contributed by atoms with Gasteiger partial charge in [-0.2, -0.15) is 15.6 Å². The number of aromatic nitrogens is 3. The Morgan fingerprint density at radius 1 is 1.04 bits per heavy atom. The van der Waals surface area contributed by atoms with Gasteiger partial charge in [0.25, 0.3) is 0 Å². The summed E-state index contributed by atoms with van der Waals surface area (Å²) in [6.45, 7) is 2.02. The minimum atomic E-state index is -0.502. The van der Waals surface area contributed by atoms with E-state index in [0.29, 0.717) is 11.3 Å². The van der Waals surface area contributed by atoms with E-state index in [9.17, 15) is 4.79 Å². The van der Waals surface area contributed by atoms with E-state index in [1.165, 1.54) is 0 Å². The molecule has 6 heteroatoms. The summed E-state index contributed by atoms with van der Waals surface area (Å²) in [5.74, 6) is -0.502. The van der Waals surface area contributed by atoms with Crippen LogP contribution < -0.4 is 0 Å². The maximum absolute atomic E-state index is 11.9. The third kappa shape index (κ3) is 3.01. The molecule has 0 saturated heterocycles. The molecule has 0 aliphatic carbocycles. The molecule has 3 aromatic rings. The van der Waals surface area contributed by atoms with Crippen molar-refractivity contribution >= 4 is 5.97 Å². The van der Waals surface area contributed by atoms with Gasteiger partial charge in [0, 0.05) is 5.56 Å². The van der Waals surface area contributed by atoms with Crippen LogP contribution >= 0.6 is 0 Å². The second kappa shape index (κ2) is 6.75. The Labute approximate surface area is 138 Å². The lowest BCUT2D eigenvalue weighted by Crippen LogP contribution is -2.06. The summed E-state index contributed by atoms with van der Waals surface area (Å²) in [7, 11) is 0. The number of rotatable bonds is 4. The monoisotopic (exact) mass is 318 g/mol. The quantitative estimate of drug-likeness (QED) is 0.746. The first kappa shape index (κ1) is 15.4. The van der Waals surface area contributed by atoms with Gasteiger partial charge in [-0.15, -0.1) is 5.10 Å². The highest BCUT2D eigenvalue weighted by Crippen LogP contribution is 2.25. The zero-order chi connectivity index (χ0) is 16.9. The largest absolute Gasteiger partial charge is 0.461 e. The van der Waals surface area contributed by atoms with Crippen LogP contribution in [0.15, 0.2) is 48.5 Å². The van der Waals surface area contributed by atoms with Gasteiger partial charge in [0.15, 0.2) is 5.69 Å². The molecule has 0 fully saturated rings. The number of carbonyl (C=O) groups is 1. The predicted molar refractivity (Wildman–Crippen MR) is 87.9 cm³/mol. The van der Waals surface area contributed by atoms with Crippen LogP contribution in [0.2, 0.25) is 0 Å². The topological polar surface area (TPSA) is 91.7 Å². The summed E-state index contributed by atoms with van der Waals surface area (Å²) in [5, 5.41) is 19.2. The Balaban J connectivity index is 1.89. The minimum Gasteiger partial charge on any atom is -0.461 e. The van der Waals surface area contributed by atoms with Crippen molar-refractivity contribution in [1.82, 2.24) is 15.4 Å². The van der Waals surface area contributed by atoms with Crippen LogP contribution in [0.4, 0.5) is 0 Å². The van der Waals surface area contributed by atoms with Gasteiger partial charge in [-0.25, -0.2) is 4.79 Å². The van der Waals surface area contributed by atoms with Gasteiger partial charge in [0.2, 0.25) is 0 Å². The van der Waals surface area contributed by atoms with E-state index >= 15 is 0 Å². The van der Waals surface area contributed by atoms with Crippen LogP contribution in [0.25, 0.3) is 22.4 Å². The predicted octanol–water partition coefficient (Wildman–Crippen LogP) is 3.19. The molecule has 0 bridgehead atoms. The van der Waals surface area contributed by atoms with Crippen LogP contribution in [0, 0.1) is 11.3 Å². The summed E-state index contributed by atoms with van der Waals surface area (Å²) in [6, 6.07) is 17.0. The summed E-state index contributed by atoms with van der Waals surface area (Å²) in [5.41, 5.74) is 4.03. The SMILES string of the molecule is CCOC(=O)c1n[nH]nc1-c1ccc(-c2ccc(C#N)cc2)cc1. The van der Waals surface area contributed by atoms with Crippen molar-refractivity contribution in [2.45, 2.75) is 6.92 Å². The van der Waals surface area contributed by atoms with Crippen LogP contribution in [-0.2, 0) is 4.74 Å². The normalized spacial score (nSPS) is 10.2. The van der Waals surface area contributed by atoms with Gasteiger partial charge < -0.3 is 4.74 Å². The maximum atomic E-state index is 11.9. The molecule has 1 heterocycles. The highest BCUT2D eigenvalue weighted by Gasteiger charge is 2.18. The zero-order valence-electron chi connectivity index (χ0n) is 13.0. The lowest BCUT2D eigenvalue weighted by Gasteiger charge is -2.04. The van der Waals surface area contributed by atoms with Gasteiger partial charge >= 0.3 is 5.97 Å². The summed E-state index contributed by atoms with van der Waals surface area (Å²) in [4.78, 5) is 11.9. The highest BCUT2D eigenvalue weighted by atomic mass is 16.5. The Morgan fingerprint density at radius 3 is 2.21 bits per heavy atom. The molecule has 24 heavy (non-hydrogen) atoms. The lowest BCUT2D eigenvalue weighted by molar-refractivity contribution is 0.0520. The molecule has 0 amide bonds. The molecule has 0 unspecified atom stereocenters. The first-order chi connectivity index (χ1) is 11.7. The smallest absolute Gasteiger partial charge is 0.361 e. The standard InChI is InChI=1S/C18H14N4O2/c1-2-24-18(23)17-16(20-22-21-17)15-9-7-14(8-10-15)13-5-3-12(11-19)4-6-13/h3-10H,2H2,1H3,(H,20,21,22). The first-order valence-electron chi connectivity index (χ1n) is 7.41. The van der Waals surface area contributed by atoms with Gasteiger partial charge in [-0.05, 0) is 30.2 Å². The molecule has 2 aromatic carbocycles. The van der Waals surface area contributed by atoms with Gasteiger partial charge in [-0.3, -0.25) is 0 Å². The molecular weight excluding hydrogens is 304 g/mol. The molecule has 0 aliphatic heterocycles. The number of nitrogens with zero attached hydrogens (tertiary/aromatic N) is 3. The van der Waals surface area contributed by atoms with Crippen LogP contribution in [0.5, 0.6) is 0 Å². The molecule has 1 N–H and O–H groups in total. The van der Waals surface area contributed by atoms with E-state index in [1.807, 2.05) is 36.4 Å². The molecule has 0 saturated carbocycles. The number of nitriles is 1. The van der Waals surface area contributed by atoms with Crippen molar-refractivity contribution in [2.75, 3.05) is 6.61 Å². The maximum Gasteiger partial charge on any atom is 0.361 e. The van der Waals surface area contributed by atoms with E-state index in [0.717, 1.165) is 16.7 Å². The molecular formula is C18H14N4O2.